The van der Waals surface area contributed by atoms with E-state index in [1.54, 1.807) is 4.90 Å². The highest BCUT2D eigenvalue weighted by Crippen LogP contribution is 2.29. The van der Waals surface area contributed by atoms with Crippen LogP contribution in [0, 0.1) is 6.92 Å². The Morgan fingerprint density at radius 1 is 1.53 bits per heavy atom. The molecule has 1 aliphatic heterocycles. The second-order valence-corrected chi connectivity index (χ2v) is 4.71. The summed E-state index contributed by atoms with van der Waals surface area (Å²) in [5.41, 5.74) is 7.81. The fourth-order valence-electron chi connectivity index (χ4n) is 1.86. The molecular formula is C11H13BrN2O. The van der Waals surface area contributed by atoms with Gasteiger partial charge in [-0.25, -0.2) is 0 Å². The molecule has 1 aromatic carbocycles. The molecule has 0 spiro atoms. The fourth-order valence-corrected chi connectivity index (χ4v) is 2.21. The third kappa shape index (κ3) is 1.92. The first-order valence-corrected chi connectivity index (χ1v) is 5.70. The molecule has 1 saturated heterocycles. The number of halogens is 1. The van der Waals surface area contributed by atoms with Crippen LogP contribution in [0.15, 0.2) is 22.7 Å². The van der Waals surface area contributed by atoms with Crippen LogP contribution in [-0.2, 0) is 4.79 Å². The Morgan fingerprint density at radius 2 is 2.27 bits per heavy atom. The molecular weight excluding hydrogens is 256 g/mol. The number of anilines is 1. The standard InChI is InChI=1S/C11H13BrN2O/c1-7-9(12)3-2-4-10(7)14-6-8(13)5-11(14)15/h2-4,8H,5-6,13H2,1H3. The summed E-state index contributed by atoms with van der Waals surface area (Å²) in [5.74, 6) is 0.115. The van der Waals surface area contributed by atoms with Crippen molar-refractivity contribution < 1.29 is 4.79 Å². The number of benzene rings is 1. The maximum Gasteiger partial charge on any atom is 0.228 e. The average molecular weight is 269 g/mol. The van der Waals surface area contributed by atoms with E-state index in [9.17, 15) is 4.79 Å². The van der Waals surface area contributed by atoms with Crippen LogP contribution >= 0.6 is 15.9 Å². The first-order chi connectivity index (χ1) is 7.09. The molecule has 80 valence electrons. The highest BCUT2D eigenvalue weighted by atomic mass is 79.9. The molecule has 0 radical (unpaired) electrons. The van der Waals surface area contributed by atoms with Crippen LogP contribution in [0.2, 0.25) is 0 Å². The summed E-state index contributed by atoms with van der Waals surface area (Å²) >= 11 is 3.46. The van der Waals surface area contributed by atoms with E-state index in [0.717, 1.165) is 15.7 Å². The van der Waals surface area contributed by atoms with Crippen LogP contribution in [0.25, 0.3) is 0 Å². The monoisotopic (exact) mass is 268 g/mol. The summed E-state index contributed by atoms with van der Waals surface area (Å²) in [7, 11) is 0. The summed E-state index contributed by atoms with van der Waals surface area (Å²) < 4.78 is 1.02. The summed E-state index contributed by atoms with van der Waals surface area (Å²) in [6.07, 6.45) is 0.450. The van der Waals surface area contributed by atoms with Gasteiger partial charge in [0.15, 0.2) is 0 Å². The van der Waals surface area contributed by atoms with Crippen LogP contribution in [0.5, 0.6) is 0 Å². The molecule has 1 fully saturated rings. The van der Waals surface area contributed by atoms with Gasteiger partial charge in [-0.1, -0.05) is 22.0 Å². The highest BCUT2D eigenvalue weighted by Gasteiger charge is 2.28. The number of rotatable bonds is 1. The zero-order valence-corrected chi connectivity index (χ0v) is 10.1. The topological polar surface area (TPSA) is 46.3 Å². The highest BCUT2D eigenvalue weighted by molar-refractivity contribution is 9.10. The fraction of sp³-hybridized carbons (Fsp3) is 0.364. The van der Waals surface area contributed by atoms with Gasteiger partial charge in [-0.3, -0.25) is 4.79 Å². The zero-order chi connectivity index (χ0) is 11.0. The molecule has 1 aliphatic rings. The van der Waals surface area contributed by atoms with Gasteiger partial charge < -0.3 is 10.6 Å². The van der Waals surface area contributed by atoms with Gasteiger partial charge >= 0.3 is 0 Å². The van der Waals surface area contributed by atoms with Gasteiger partial charge in [-0.05, 0) is 24.6 Å². The summed E-state index contributed by atoms with van der Waals surface area (Å²) in [4.78, 5) is 13.4. The first kappa shape index (κ1) is 10.6. The minimum atomic E-state index is -0.0316. The second kappa shape index (κ2) is 3.94. The van der Waals surface area contributed by atoms with Crippen LogP contribution in [0.4, 0.5) is 5.69 Å². The van der Waals surface area contributed by atoms with Crippen molar-refractivity contribution in [2.45, 2.75) is 19.4 Å². The van der Waals surface area contributed by atoms with E-state index in [-0.39, 0.29) is 11.9 Å². The summed E-state index contributed by atoms with van der Waals surface area (Å²) in [6.45, 7) is 2.62. The normalized spacial score (nSPS) is 21.1. The lowest BCUT2D eigenvalue weighted by Gasteiger charge is -2.19. The molecule has 1 atom stereocenters. The number of hydrogen-bond acceptors (Lipinski definition) is 2. The van der Waals surface area contributed by atoms with E-state index in [1.807, 2.05) is 25.1 Å². The summed E-state index contributed by atoms with van der Waals surface area (Å²) in [5, 5.41) is 0. The van der Waals surface area contributed by atoms with Crippen molar-refractivity contribution in [2.75, 3.05) is 11.4 Å². The minimum Gasteiger partial charge on any atom is -0.326 e. The van der Waals surface area contributed by atoms with Crippen molar-refractivity contribution in [3.8, 4) is 0 Å². The number of nitrogens with two attached hydrogens (primary N) is 1. The Balaban J connectivity index is 2.38. The second-order valence-electron chi connectivity index (χ2n) is 3.85. The average Bonchev–Trinajstić information content (AvgIpc) is 2.50. The van der Waals surface area contributed by atoms with Crippen molar-refractivity contribution in [2.24, 2.45) is 5.73 Å². The van der Waals surface area contributed by atoms with Crippen LogP contribution in [-0.4, -0.2) is 18.5 Å². The molecule has 0 aliphatic carbocycles. The third-order valence-corrected chi connectivity index (χ3v) is 3.54. The Labute approximate surface area is 97.4 Å². The van der Waals surface area contributed by atoms with Gasteiger partial charge in [-0.15, -0.1) is 0 Å². The number of carbonyl (C=O) groups is 1. The van der Waals surface area contributed by atoms with Gasteiger partial charge in [0.1, 0.15) is 0 Å². The van der Waals surface area contributed by atoms with Gasteiger partial charge in [0.2, 0.25) is 5.91 Å². The molecule has 2 rings (SSSR count). The largest absolute Gasteiger partial charge is 0.326 e. The van der Waals surface area contributed by atoms with Crippen molar-refractivity contribution in [3.05, 3.63) is 28.2 Å². The molecule has 1 amide bonds. The first-order valence-electron chi connectivity index (χ1n) is 4.90. The number of nitrogens with zero attached hydrogens (tertiary/aromatic N) is 1. The lowest BCUT2D eigenvalue weighted by Crippen LogP contribution is -2.28. The van der Waals surface area contributed by atoms with E-state index in [4.69, 9.17) is 5.73 Å². The van der Waals surface area contributed by atoms with Crippen molar-refractivity contribution in [1.82, 2.24) is 0 Å². The molecule has 1 aromatic rings. The predicted octanol–water partition coefficient (Wildman–Crippen LogP) is 1.82. The number of hydrogen-bond donors (Lipinski definition) is 1. The molecule has 2 N–H and O–H groups in total. The van der Waals surface area contributed by atoms with Crippen LogP contribution in [0.3, 0.4) is 0 Å². The lowest BCUT2D eigenvalue weighted by molar-refractivity contribution is -0.117. The van der Waals surface area contributed by atoms with Gasteiger partial charge in [0, 0.05) is 29.2 Å². The minimum absolute atomic E-state index is 0.0316. The number of amides is 1. The molecule has 4 heteroatoms. The maximum atomic E-state index is 11.7. The molecule has 1 unspecified atom stereocenters. The van der Waals surface area contributed by atoms with E-state index in [2.05, 4.69) is 15.9 Å². The molecule has 0 bridgehead atoms. The van der Waals surface area contributed by atoms with Gasteiger partial charge in [-0.2, -0.15) is 0 Å². The molecule has 0 aromatic heterocycles. The number of carbonyl (C=O) groups excluding carboxylic acids is 1. The molecule has 1 heterocycles. The lowest BCUT2D eigenvalue weighted by atomic mass is 10.2. The van der Waals surface area contributed by atoms with E-state index >= 15 is 0 Å². The maximum absolute atomic E-state index is 11.7. The SMILES string of the molecule is Cc1c(Br)cccc1N1CC(N)CC1=O. The van der Waals surface area contributed by atoms with Crippen LogP contribution in [0.1, 0.15) is 12.0 Å². The predicted molar refractivity (Wildman–Crippen MR) is 63.8 cm³/mol. The van der Waals surface area contributed by atoms with Crippen molar-refractivity contribution >= 4 is 27.5 Å². The third-order valence-electron chi connectivity index (χ3n) is 2.68. The quantitative estimate of drug-likeness (QED) is 0.845. The van der Waals surface area contributed by atoms with Crippen molar-refractivity contribution in [3.63, 3.8) is 0 Å². The van der Waals surface area contributed by atoms with Crippen LogP contribution < -0.4 is 10.6 Å². The Morgan fingerprint density at radius 3 is 2.87 bits per heavy atom. The van der Waals surface area contributed by atoms with E-state index in [0.29, 0.717) is 13.0 Å². The van der Waals surface area contributed by atoms with E-state index in [1.165, 1.54) is 0 Å². The molecule has 3 nitrogen and oxygen atoms in total. The van der Waals surface area contributed by atoms with E-state index < -0.39 is 0 Å². The van der Waals surface area contributed by atoms with Gasteiger partial charge in [0.25, 0.3) is 0 Å². The molecule has 15 heavy (non-hydrogen) atoms. The van der Waals surface area contributed by atoms with Gasteiger partial charge in [0.05, 0.1) is 0 Å². The summed E-state index contributed by atoms with van der Waals surface area (Å²) in [6, 6.07) is 5.83. The Hall–Kier alpha value is -0.870. The Bertz CT molecular complexity index is 406. The zero-order valence-electron chi connectivity index (χ0n) is 8.53. The molecule has 0 saturated carbocycles. The Kier molecular flexibility index (Phi) is 2.80. The van der Waals surface area contributed by atoms with Crippen molar-refractivity contribution in [1.29, 1.82) is 0 Å². The smallest absolute Gasteiger partial charge is 0.228 e.